The number of hydrogen-bond acceptors (Lipinski definition) is 4. The third-order valence-corrected chi connectivity index (χ3v) is 4.81. The van der Waals surface area contributed by atoms with Crippen LogP contribution in [0.3, 0.4) is 0 Å². The second kappa shape index (κ2) is 7.78. The van der Waals surface area contributed by atoms with E-state index in [-0.39, 0.29) is 6.61 Å². The molecular formula is C12H19NO3S2. The van der Waals surface area contributed by atoms with Crippen molar-refractivity contribution in [3.8, 4) is 0 Å². The predicted octanol–water partition coefficient (Wildman–Crippen LogP) is 1.39. The van der Waals surface area contributed by atoms with Crippen LogP contribution in [0.5, 0.6) is 0 Å². The zero-order valence-corrected chi connectivity index (χ0v) is 12.1. The fraction of sp³-hybridized carbons (Fsp3) is 0.500. The molecule has 0 bridgehead atoms. The van der Waals surface area contributed by atoms with E-state index in [0.717, 1.165) is 17.7 Å². The minimum atomic E-state index is -3.39. The van der Waals surface area contributed by atoms with Crippen LogP contribution < -0.4 is 4.72 Å². The molecule has 0 atom stereocenters. The molecule has 0 aliphatic rings. The molecule has 0 aliphatic heterocycles. The van der Waals surface area contributed by atoms with E-state index in [9.17, 15) is 8.42 Å². The first-order valence-corrected chi connectivity index (χ1v) is 8.45. The van der Waals surface area contributed by atoms with Crippen molar-refractivity contribution in [2.75, 3.05) is 24.7 Å². The summed E-state index contributed by atoms with van der Waals surface area (Å²) >= 11 is 1.63. The van der Waals surface area contributed by atoms with Gasteiger partial charge in [-0.25, -0.2) is 13.1 Å². The molecule has 0 saturated heterocycles. The van der Waals surface area contributed by atoms with Crippen molar-refractivity contribution < 1.29 is 13.5 Å². The number of rotatable bonds is 8. The van der Waals surface area contributed by atoms with E-state index in [1.54, 1.807) is 30.0 Å². The smallest absolute Gasteiger partial charge is 0.240 e. The van der Waals surface area contributed by atoms with Gasteiger partial charge < -0.3 is 5.11 Å². The third-order valence-electron chi connectivity index (χ3n) is 2.29. The van der Waals surface area contributed by atoms with Crippen molar-refractivity contribution in [3.05, 3.63) is 29.8 Å². The van der Waals surface area contributed by atoms with Crippen LogP contribution in [0.2, 0.25) is 0 Å². The van der Waals surface area contributed by atoms with Crippen LogP contribution in [-0.4, -0.2) is 38.2 Å². The van der Waals surface area contributed by atoms with Crippen molar-refractivity contribution in [2.45, 2.75) is 18.2 Å². The summed E-state index contributed by atoms with van der Waals surface area (Å²) in [6, 6.07) is 6.85. The molecule has 6 heteroatoms. The molecule has 0 spiro atoms. The average molecular weight is 289 g/mol. The van der Waals surface area contributed by atoms with E-state index < -0.39 is 10.0 Å². The van der Waals surface area contributed by atoms with Gasteiger partial charge in [0.2, 0.25) is 10.0 Å². The lowest BCUT2D eigenvalue weighted by Crippen LogP contribution is -2.26. The Balaban J connectivity index is 2.41. The molecule has 0 heterocycles. The molecule has 1 aromatic rings. The summed E-state index contributed by atoms with van der Waals surface area (Å²) in [5.41, 5.74) is 0.926. The Labute approximate surface area is 113 Å². The molecule has 0 aromatic heterocycles. The molecule has 0 unspecified atom stereocenters. The monoisotopic (exact) mass is 289 g/mol. The molecule has 0 fully saturated rings. The predicted molar refractivity (Wildman–Crippen MR) is 75.4 cm³/mol. The van der Waals surface area contributed by atoms with Crippen LogP contribution in [0, 0.1) is 6.92 Å². The Morgan fingerprint density at radius 1 is 1.33 bits per heavy atom. The van der Waals surface area contributed by atoms with Gasteiger partial charge in [0, 0.05) is 18.9 Å². The number of thioether (sulfide) groups is 1. The van der Waals surface area contributed by atoms with Crippen molar-refractivity contribution in [3.63, 3.8) is 0 Å². The highest BCUT2D eigenvalue weighted by Crippen LogP contribution is 2.10. The summed E-state index contributed by atoms with van der Waals surface area (Å²) in [5, 5.41) is 8.60. The van der Waals surface area contributed by atoms with Gasteiger partial charge in [-0.3, -0.25) is 0 Å². The van der Waals surface area contributed by atoms with E-state index in [2.05, 4.69) is 4.72 Å². The zero-order valence-electron chi connectivity index (χ0n) is 10.4. The van der Waals surface area contributed by atoms with Crippen LogP contribution in [0.25, 0.3) is 0 Å². The summed E-state index contributed by atoms with van der Waals surface area (Å²) in [7, 11) is -3.39. The number of nitrogens with one attached hydrogen (secondary N) is 1. The van der Waals surface area contributed by atoms with Crippen molar-refractivity contribution in [1.82, 2.24) is 4.72 Å². The van der Waals surface area contributed by atoms with Crippen molar-refractivity contribution in [2.24, 2.45) is 0 Å². The second-order valence-corrected chi connectivity index (χ2v) is 6.90. The molecule has 0 radical (unpaired) electrons. The molecule has 0 aliphatic carbocycles. The lowest BCUT2D eigenvalue weighted by atomic mass is 10.2. The highest BCUT2D eigenvalue weighted by atomic mass is 32.2. The van der Waals surface area contributed by atoms with Gasteiger partial charge >= 0.3 is 0 Å². The van der Waals surface area contributed by atoms with Crippen LogP contribution >= 0.6 is 11.8 Å². The number of aliphatic hydroxyl groups is 1. The highest BCUT2D eigenvalue weighted by molar-refractivity contribution is 7.99. The molecule has 1 aromatic carbocycles. The maximum atomic E-state index is 11.9. The largest absolute Gasteiger partial charge is 0.396 e. The molecule has 2 N–H and O–H groups in total. The summed E-state index contributed by atoms with van der Waals surface area (Å²) in [5.74, 6) is 1.56. The lowest BCUT2D eigenvalue weighted by molar-refractivity contribution is 0.296. The maximum Gasteiger partial charge on any atom is 0.240 e. The van der Waals surface area contributed by atoms with Crippen molar-refractivity contribution >= 4 is 21.8 Å². The number of benzene rings is 1. The Kier molecular flexibility index (Phi) is 6.70. The molecule has 4 nitrogen and oxygen atoms in total. The molecule has 0 amide bonds. The van der Waals surface area contributed by atoms with Gasteiger partial charge in [0.1, 0.15) is 0 Å². The summed E-state index contributed by atoms with van der Waals surface area (Å²) in [6.07, 6.45) is 0.745. The van der Waals surface area contributed by atoms with Crippen LogP contribution in [-0.2, 0) is 10.0 Å². The van der Waals surface area contributed by atoms with Crippen LogP contribution in [0.15, 0.2) is 29.2 Å². The fourth-order valence-corrected chi connectivity index (χ4v) is 3.43. The minimum absolute atomic E-state index is 0.183. The van der Waals surface area contributed by atoms with Crippen molar-refractivity contribution in [1.29, 1.82) is 0 Å². The lowest BCUT2D eigenvalue weighted by Gasteiger charge is -2.07. The maximum absolute atomic E-state index is 11.9. The highest BCUT2D eigenvalue weighted by Gasteiger charge is 2.12. The van der Waals surface area contributed by atoms with E-state index in [0.29, 0.717) is 17.2 Å². The Hall–Kier alpha value is -0.560. The number of aliphatic hydroxyl groups excluding tert-OH is 1. The number of aryl methyl sites for hydroxylation is 1. The van der Waals surface area contributed by atoms with Gasteiger partial charge in [0.25, 0.3) is 0 Å². The fourth-order valence-electron chi connectivity index (χ4n) is 1.38. The van der Waals surface area contributed by atoms with E-state index in [1.165, 1.54) is 0 Å². The summed E-state index contributed by atoms with van der Waals surface area (Å²) in [4.78, 5) is 0.308. The van der Waals surface area contributed by atoms with Crippen LogP contribution in [0.1, 0.15) is 12.0 Å². The molecule has 102 valence electrons. The van der Waals surface area contributed by atoms with E-state index >= 15 is 0 Å². The average Bonchev–Trinajstić information content (AvgIpc) is 2.33. The number of hydrogen-bond donors (Lipinski definition) is 2. The number of sulfonamides is 1. The Morgan fingerprint density at radius 3 is 2.78 bits per heavy atom. The first-order valence-electron chi connectivity index (χ1n) is 5.81. The quantitative estimate of drug-likeness (QED) is 0.710. The van der Waals surface area contributed by atoms with Crippen LogP contribution in [0.4, 0.5) is 0 Å². The minimum Gasteiger partial charge on any atom is -0.396 e. The first kappa shape index (κ1) is 15.5. The van der Waals surface area contributed by atoms with Gasteiger partial charge in [0.15, 0.2) is 0 Å². The third kappa shape index (κ3) is 5.39. The van der Waals surface area contributed by atoms with E-state index in [1.807, 2.05) is 13.0 Å². The zero-order chi connectivity index (χ0) is 13.4. The SMILES string of the molecule is Cc1cccc(S(=O)(=O)NCCSCCCO)c1. The van der Waals surface area contributed by atoms with Gasteiger partial charge in [0.05, 0.1) is 4.90 Å². The molecule has 0 saturated carbocycles. The van der Waals surface area contributed by atoms with Gasteiger partial charge in [-0.2, -0.15) is 11.8 Å². The first-order chi connectivity index (χ1) is 8.56. The Bertz CT molecular complexity index is 460. The van der Waals surface area contributed by atoms with Gasteiger partial charge in [-0.1, -0.05) is 12.1 Å². The second-order valence-electron chi connectivity index (χ2n) is 3.90. The topological polar surface area (TPSA) is 66.4 Å². The standard InChI is InChI=1S/C12H19NO3S2/c1-11-4-2-5-12(10-11)18(15,16)13-6-9-17-8-3-7-14/h2,4-5,10,13-14H,3,6-9H2,1H3. The summed E-state index contributed by atoms with van der Waals surface area (Å²) < 4.78 is 26.4. The molecule has 18 heavy (non-hydrogen) atoms. The summed E-state index contributed by atoms with van der Waals surface area (Å²) in [6.45, 7) is 2.46. The van der Waals surface area contributed by atoms with Gasteiger partial charge in [-0.05, 0) is 36.8 Å². The normalized spacial score (nSPS) is 11.7. The van der Waals surface area contributed by atoms with E-state index in [4.69, 9.17) is 5.11 Å². The molecular weight excluding hydrogens is 270 g/mol. The molecule has 1 rings (SSSR count). The Morgan fingerprint density at radius 2 is 2.11 bits per heavy atom. The van der Waals surface area contributed by atoms with Gasteiger partial charge in [-0.15, -0.1) is 0 Å².